The molecule has 0 amide bonds. The van der Waals surface area contributed by atoms with Gasteiger partial charge in [0.1, 0.15) is 18.1 Å². The number of piperidine rings is 1. The summed E-state index contributed by atoms with van der Waals surface area (Å²) < 4.78 is 1.92. The predicted molar refractivity (Wildman–Crippen MR) is 99.4 cm³/mol. The Morgan fingerprint density at radius 3 is 2.70 bits per heavy atom. The average Bonchev–Trinajstić information content (AvgIpc) is 3.10. The van der Waals surface area contributed by atoms with Crippen LogP contribution in [0.3, 0.4) is 0 Å². The van der Waals surface area contributed by atoms with Gasteiger partial charge in [-0.3, -0.25) is 9.88 Å². The molecule has 0 saturated carbocycles. The molecule has 1 fully saturated rings. The van der Waals surface area contributed by atoms with Crippen LogP contribution in [-0.4, -0.2) is 52.8 Å². The number of aliphatic hydroxyl groups is 1. The topological polar surface area (TPSA) is 92.8 Å². The maximum atomic E-state index is 9.33. The lowest BCUT2D eigenvalue weighted by Crippen LogP contribution is -2.35. The number of pyridine rings is 1. The molecule has 1 aliphatic rings. The molecule has 1 aliphatic heterocycles. The van der Waals surface area contributed by atoms with Crippen molar-refractivity contribution < 1.29 is 5.11 Å². The second-order valence-corrected chi connectivity index (χ2v) is 6.90. The van der Waals surface area contributed by atoms with Gasteiger partial charge in [-0.2, -0.15) is 0 Å². The lowest BCUT2D eigenvalue weighted by Gasteiger charge is -2.32. The first-order chi connectivity index (χ1) is 13.2. The molecule has 3 aromatic heterocycles. The molecule has 1 atom stereocenters. The van der Waals surface area contributed by atoms with Gasteiger partial charge in [0, 0.05) is 50.2 Å². The smallest absolute Gasteiger partial charge is 0.178 e. The van der Waals surface area contributed by atoms with Crippen LogP contribution in [0.4, 0.5) is 0 Å². The number of hydrogen-bond donors (Lipinski definition) is 1. The molecule has 0 spiro atoms. The zero-order chi connectivity index (χ0) is 18.6. The fourth-order valence-corrected chi connectivity index (χ4v) is 3.60. The van der Waals surface area contributed by atoms with Crippen molar-refractivity contribution in [1.29, 1.82) is 0 Å². The monoisotopic (exact) mass is 365 g/mol. The third-order valence-electron chi connectivity index (χ3n) is 5.02. The van der Waals surface area contributed by atoms with Crippen molar-refractivity contribution in [2.24, 2.45) is 7.05 Å². The average molecular weight is 365 g/mol. The zero-order valence-electron chi connectivity index (χ0n) is 15.4. The van der Waals surface area contributed by atoms with Gasteiger partial charge in [0.05, 0.1) is 0 Å². The van der Waals surface area contributed by atoms with Gasteiger partial charge in [-0.1, -0.05) is 6.07 Å². The minimum absolute atomic E-state index is 0.0834. The van der Waals surface area contributed by atoms with E-state index in [0.717, 1.165) is 49.6 Å². The van der Waals surface area contributed by atoms with Crippen LogP contribution in [0, 0.1) is 0 Å². The summed E-state index contributed by atoms with van der Waals surface area (Å²) in [4.78, 5) is 15.6. The Morgan fingerprint density at radius 2 is 2.00 bits per heavy atom. The van der Waals surface area contributed by atoms with E-state index in [1.54, 1.807) is 6.20 Å². The molecule has 8 nitrogen and oxygen atoms in total. The van der Waals surface area contributed by atoms with Gasteiger partial charge >= 0.3 is 0 Å². The van der Waals surface area contributed by atoms with Crippen molar-refractivity contribution in [3.8, 4) is 11.5 Å². The molecule has 0 aliphatic carbocycles. The Kier molecular flexibility index (Phi) is 5.17. The predicted octanol–water partition coefficient (Wildman–Crippen LogP) is 1.54. The third kappa shape index (κ3) is 3.86. The Bertz CT molecular complexity index is 879. The Hall–Kier alpha value is -2.71. The molecule has 4 rings (SSSR count). The van der Waals surface area contributed by atoms with Crippen molar-refractivity contribution in [3.05, 3.63) is 54.0 Å². The van der Waals surface area contributed by atoms with E-state index in [-0.39, 0.29) is 6.61 Å². The number of nitrogens with zero attached hydrogens (tertiary/aromatic N) is 7. The highest BCUT2D eigenvalue weighted by molar-refractivity contribution is 5.47. The van der Waals surface area contributed by atoms with Gasteiger partial charge in [-0.15, -0.1) is 10.2 Å². The van der Waals surface area contributed by atoms with Gasteiger partial charge < -0.3 is 9.67 Å². The quantitative estimate of drug-likeness (QED) is 0.733. The lowest BCUT2D eigenvalue weighted by atomic mass is 9.97. The van der Waals surface area contributed by atoms with Crippen molar-refractivity contribution in [1.82, 2.24) is 34.6 Å². The second kappa shape index (κ2) is 7.89. The van der Waals surface area contributed by atoms with Crippen LogP contribution in [-0.2, 0) is 20.2 Å². The highest BCUT2D eigenvalue weighted by Crippen LogP contribution is 2.26. The first kappa shape index (κ1) is 17.7. The fourth-order valence-electron chi connectivity index (χ4n) is 3.60. The summed E-state index contributed by atoms with van der Waals surface area (Å²) in [5, 5.41) is 17.7. The Morgan fingerprint density at radius 1 is 1.15 bits per heavy atom. The van der Waals surface area contributed by atoms with E-state index in [2.05, 4.69) is 30.0 Å². The third-order valence-corrected chi connectivity index (χ3v) is 5.02. The summed E-state index contributed by atoms with van der Waals surface area (Å²) >= 11 is 0. The van der Waals surface area contributed by atoms with E-state index in [1.807, 2.05) is 42.2 Å². The van der Waals surface area contributed by atoms with Crippen molar-refractivity contribution in [3.63, 3.8) is 0 Å². The van der Waals surface area contributed by atoms with E-state index in [9.17, 15) is 5.11 Å². The first-order valence-electron chi connectivity index (χ1n) is 9.18. The maximum absolute atomic E-state index is 9.33. The molecule has 0 bridgehead atoms. The van der Waals surface area contributed by atoms with E-state index in [0.29, 0.717) is 17.6 Å². The molecule has 0 radical (unpaired) electrons. The summed E-state index contributed by atoms with van der Waals surface area (Å²) in [5.74, 6) is 2.53. The molecule has 8 heteroatoms. The molecule has 1 unspecified atom stereocenters. The first-order valence-corrected chi connectivity index (χ1v) is 9.18. The summed E-state index contributed by atoms with van der Waals surface area (Å²) in [6.07, 6.45) is 7.71. The van der Waals surface area contributed by atoms with Crippen LogP contribution in [0.1, 0.15) is 36.0 Å². The molecule has 4 heterocycles. The number of hydrogen-bond acceptors (Lipinski definition) is 7. The molecule has 1 saturated heterocycles. The van der Waals surface area contributed by atoms with Crippen LogP contribution >= 0.6 is 0 Å². The molecular weight excluding hydrogens is 342 g/mol. The standard InChI is InChI=1S/C19H23N7O/c1-25-17(13-27)23-24-19(25)15-5-4-8-26(12-15)11-14-9-21-18(22-10-14)16-6-2-3-7-20-16/h2-3,6-7,9-10,15,27H,4-5,8,11-13H2,1H3. The van der Waals surface area contributed by atoms with Crippen LogP contribution in [0.25, 0.3) is 11.5 Å². The van der Waals surface area contributed by atoms with Gasteiger partial charge in [-0.05, 0) is 31.5 Å². The second-order valence-electron chi connectivity index (χ2n) is 6.90. The summed E-state index contributed by atoms with van der Waals surface area (Å²) in [6.45, 7) is 2.69. The zero-order valence-corrected chi connectivity index (χ0v) is 15.4. The van der Waals surface area contributed by atoms with Gasteiger partial charge in [-0.25, -0.2) is 9.97 Å². The Labute approximate surface area is 157 Å². The van der Waals surface area contributed by atoms with E-state index < -0.39 is 0 Å². The number of aliphatic hydroxyl groups excluding tert-OH is 1. The lowest BCUT2D eigenvalue weighted by molar-refractivity contribution is 0.194. The molecule has 27 heavy (non-hydrogen) atoms. The minimum Gasteiger partial charge on any atom is -0.388 e. The van der Waals surface area contributed by atoms with Crippen LogP contribution in [0.5, 0.6) is 0 Å². The SMILES string of the molecule is Cn1c(CO)nnc1C1CCCN(Cc2cnc(-c3ccccn3)nc2)C1. The maximum Gasteiger partial charge on any atom is 0.178 e. The van der Waals surface area contributed by atoms with Crippen molar-refractivity contribution in [2.75, 3.05) is 13.1 Å². The van der Waals surface area contributed by atoms with Gasteiger partial charge in [0.15, 0.2) is 11.6 Å². The van der Waals surface area contributed by atoms with Gasteiger partial charge in [0.25, 0.3) is 0 Å². The van der Waals surface area contributed by atoms with E-state index in [4.69, 9.17) is 0 Å². The van der Waals surface area contributed by atoms with Crippen molar-refractivity contribution >= 4 is 0 Å². The molecule has 1 N–H and O–H groups in total. The molecule has 3 aromatic rings. The van der Waals surface area contributed by atoms with Crippen LogP contribution in [0.15, 0.2) is 36.8 Å². The highest BCUT2D eigenvalue weighted by Gasteiger charge is 2.26. The Balaban J connectivity index is 1.42. The van der Waals surface area contributed by atoms with Gasteiger partial charge in [0.2, 0.25) is 0 Å². The molecule has 0 aromatic carbocycles. The largest absolute Gasteiger partial charge is 0.388 e. The van der Waals surface area contributed by atoms with Crippen LogP contribution in [0.2, 0.25) is 0 Å². The summed E-state index contributed by atoms with van der Waals surface area (Å²) in [6, 6.07) is 5.72. The molecular formula is C19H23N7O. The normalized spacial score (nSPS) is 17.9. The van der Waals surface area contributed by atoms with Crippen LogP contribution < -0.4 is 0 Å². The highest BCUT2D eigenvalue weighted by atomic mass is 16.3. The summed E-state index contributed by atoms with van der Waals surface area (Å²) in [7, 11) is 1.92. The van der Waals surface area contributed by atoms with E-state index >= 15 is 0 Å². The minimum atomic E-state index is -0.0834. The number of likely N-dealkylation sites (tertiary alicyclic amines) is 1. The fraction of sp³-hybridized carbons (Fsp3) is 0.421. The van der Waals surface area contributed by atoms with E-state index in [1.165, 1.54) is 0 Å². The summed E-state index contributed by atoms with van der Waals surface area (Å²) in [5.41, 5.74) is 1.87. The number of aromatic nitrogens is 6. The van der Waals surface area contributed by atoms with Crippen molar-refractivity contribution in [2.45, 2.75) is 31.9 Å². The number of rotatable bonds is 5. The molecule has 140 valence electrons.